The highest BCUT2D eigenvalue weighted by atomic mass is 16.1. The van der Waals surface area contributed by atoms with Gasteiger partial charge >= 0.3 is 0 Å². The number of rotatable bonds is 6. The Balaban J connectivity index is 1.86. The van der Waals surface area contributed by atoms with Gasteiger partial charge in [0.2, 0.25) is 11.5 Å². The number of fused-ring (bicyclic) bond motifs is 1. The number of H-pyrrole nitrogens is 1. The first-order valence-corrected chi connectivity index (χ1v) is 6.90. The van der Waals surface area contributed by atoms with Crippen LogP contribution in [0.2, 0.25) is 0 Å². The Morgan fingerprint density at radius 3 is 3.05 bits per heavy atom. The van der Waals surface area contributed by atoms with Crippen LogP contribution in [0.4, 0.5) is 0 Å². The molecule has 1 amide bonds. The van der Waals surface area contributed by atoms with Gasteiger partial charge in [0, 0.05) is 24.2 Å². The molecule has 0 aliphatic heterocycles. The number of carbonyl (C=O) groups excluding carboxylic acids is 1. The number of nitrogens with two attached hydrogens (primary N) is 1. The highest BCUT2D eigenvalue weighted by Crippen LogP contribution is 2.27. The molecule has 0 saturated heterocycles. The van der Waals surface area contributed by atoms with E-state index in [0.29, 0.717) is 12.5 Å². The predicted molar refractivity (Wildman–Crippen MR) is 73.8 cm³/mol. The molecular formula is C14H21N3O2. The second-order valence-electron chi connectivity index (χ2n) is 5.08. The van der Waals surface area contributed by atoms with Crippen molar-refractivity contribution in [3.63, 3.8) is 0 Å². The molecule has 104 valence electrons. The normalized spacial score (nSPS) is 18.0. The summed E-state index contributed by atoms with van der Waals surface area (Å²) >= 11 is 0. The van der Waals surface area contributed by atoms with E-state index in [1.54, 1.807) is 6.07 Å². The molecule has 5 nitrogen and oxygen atoms in total. The summed E-state index contributed by atoms with van der Waals surface area (Å²) < 4.78 is 0. The smallest absolute Gasteiger partial charge is 0.248 e. The minimum atomic E-state index is -0.236. The Kier molecular flexibility index (Phi) is 4.74. The minimum absolute atomic E-state index is 0.0270. The first-order chi connectivity index (χ1) is 9.16. The lowest BCUT2D eigenvalue weighted by Crippen LogP contribution is -2.28. The van der Waals surface area contributed by atoms with Crippen molar-refractivity contribution >= 4 is 5.91 Å². The third kappa shape index (κ3) is 3.92. The maximum absolute atomic E-state index is 11.3. The van der Waals surface area contributed by atoms with Crippen LogP contribution in [0.25, 0.3) is 0 Å². The Morgan fingerprint density at radius 1 is 1.42 bits per heavy atom. The number of pyridine rings is 1. The molecule has 1 unspecified atom stereocenters. The molecule has 0 spiro atoms. The average molecular weight is 263 g/mol. The number of amides is 1. The van der Waals surface area contributed by atoms with Crippen LogP contribution in [-0.2, 0) is 11.2 Å². The summed E-state index contributed by atoms with van der Waals surface area (Å²) in [6.45, 7) is 0.872. The zero-order valence-corrected chi connectivity index (χ0v) is 11.1. The largest absolute Gasteiger partial charge is 0.370 e. The van der Waals surface area contributed by atoms with Gasteiger partial charge in [0.05, 0.1) is 0 Å². The summed E-state index contributed by atoms with van der Waals surface area (Å²) in [5, 5.41) is 3.50. The number of carbonyl (C=O) groups is 1. The molecule has 1 heterocycles. The molecule has 1 atom stereocenters. The van der Waals surface area contributed by atoms with E-state index < -0.39 is 0 Å². The maximum atomic E-state index is 11.3. The van der Waals surface area contributed by atoms with E-state index in [-0.39, 0.29) is 11.5 Å². The third-order valence-electron chi connectivity index (χ3n) is 3.57. The van der Waals surface area contributed by atoms with Crippen molar-refractivity contribution in [2.45, 2.75) is 44.6 Å². The fourth-order valence-electron chi connectivity index (χ4n) is 2.61. The lowest BCUT2D eigenvalue weighted by Gasteiger charge is -2.26. The maximum Gasteiger partial charge on any atom is 0.248 e. The fourth-order valence-corrected chi connectivity index (χ4v) is 2.61. The number of hydrogen-bond donors (Lipinski definition) is 3. The first-order valence-electron chi connectivity index (χ1n) is 6.90. The Labute approximate surface area is 112 Å². The highest BCUT2D eigenvalue weighted by Gasteiger charge is 2.19. The number of nitrogens with one attached hydrogen (secondary N) is 2. The number of unbranched alkanes of at least 4 members (excludes halogenated alkanes) is 1. The van der Waals surface area contributed by atoms with Gasteiger partial charge in [0.15, 0.2) is 0 Å². The number of aromatic nitrogens is 1. The molecule has 1 aromatic rings. The van der Waals surface area contributed by atoms with E-state index in [0.717, 1.165) is 44.3 Å². The second kappa shape index (κ2) is 6.52. The topological polar surface area (TPSA) is 88.0 Å². The minimum Gasteiger partial charge on any atom is -0.370 e. The molecule has 0 fully saturated rings. The lowest BCUT2D eigenvalue weighted by molar-refractivity contribution is -0.118. The van der Waals surface area contributed by atoms with E-state index >= 15 is 0 Å². The van der Waals surface area contributed by atoms with Gasteiger partial charge in [0.1, 0.15) is 0 Å². The van der Waals surface area contributed by atoms with Crippen molar-refractivity contribution in [3.05, 3.63) is 33.7 Å². The SMILES string of the molecule is NC(=O)CCCCNC1CCCc2[nH]c(=O)ccc21. The molecule has 0 saturated carbocycles. The summed E-state index contributed by atoms with van der Waals surface area (Å²) in [5.74, 6) is -0.236. The average Bonchev–Trinajstić information content (AvgIpc) is 2.37. The van der Waals surface area contributed by atoms with Gasteiger partial charge in [-0.25, -0.2) is 0 Å². The van der Waals surface area contributed by atoms with Crippen LogP contribution in [0, 0.1) is 0 Å². The van der Waals surface area contributed by atoms with Gasteiger partial charge in [-0.15, -0.1) is 0 Å². The van der Waals surface area contributed by atoms with Gasteiger partial charge in [-0.05, 0) is 44.2 Å². The number of aryl methyl sites for hydroxylation is 1. The quantitative estimate of drug-likeness (QED) is 0.669. The molecule has 19 heavy (non-hydrogen) atoms. The van der Waals surface area contributed by atoms with Crippen LogP contribution in [0.3, 0.4) is 0 Å². The molecule has 4 N–H and O–H groups in total. The van der Waals surface area contributed by atoms with Gasteiger partial charge in [0.25, 0.3) is 0 Å². The van der Waals surface area contributed by atoms with Crippen LogP contribution < -0.4 is 16.6 Å². The van der Waals surface area contributed by atoms with E-state index in [2.05, 4.69) is 10.3 Å². The number of hydrogen-bond acceptors (Lipinski definition) is 3. The standard InChI is InChI=1S/C14H21N3O2/c15-13(18)6-1-2-9-16-11-4-3-5-12-10(11)7-8-14(19)17-12/h7-8,11,16H,1-6,9H2,(H2,15,18)(H,17,19). The van der Waals surface area contributed by atoms with E-state index in [1.807, 2.05) is 6.07 Å². The van der Waals surface area contributed by atoms with Crippen molar-refractivity contribution in [2.75, 3.05) is 6.54 Å². The highest BCUT2D eigenvalue weighted by molar-refractivity contribution is 5.73. The van der Waals surface area contributed by atoms with E-state index in [9.17, 15) is 9.59 Å². The Morgan fingerprint density at radius 2 is 2.26 bits per heavy atom. The monoisotopic (exact) mass is 263 g/mol. The zero-order valence-electron chi connectivity index (χ0n) is 11.1. The summed E-state index contributed by atoms with van der Waals surface area (Å²) in [7, 11) is 0. The predicted octanol–water partition coefficient (Wildman–Crippen LogP) is 0.997. The van der Waals surface area contributed by atoms with Crippen LogP contribution in [0.5, 0.6) is 0 Å². The second-order valence-corrected chi connectivity index (χ2v) is 5.08. The van der Waals surface area contributed by atoms with Crippen molar-refractivity contribution in [1.29, 1.82) is 0 Å². The van der Waals surface area contributed by atoms with Crippen LogP contribution >= 0.6 is 0 Å². The van der Waals surface area contributed by atoms with Gasteiger partial charge in [-0.2, -0.15) is 0 Å². The van der Waals surface area contributed by atoms with Crippen molar-refractivity contribution in [1.82, 2.24) is 10.3 Å². The summed E-state index contributed by atoms with van der Waals surface area (Å²) in [6, 6.07) is 3.83. The molecule has 0 radical (unpaired) electrons. The van der Waals surface area contributed by atoms with E-state index in [1.165, 1.54) is 5.56 Å². The molecule has 1 aromatic heterocycles. The fraction of sp³-hybridized carbons (Fsp3) is 0.571. The molecule has 1 aliphatic carbocycles. The molecule has 5 heteroatoms. The van der Waals surface area contributed by atoms with Gasteiger partial charge in [-0.3, -0.25) is 9.59 Å². The van der Waals surface area contributed by atoms with E-state index in [4.69, 9.17) is 5.73 Å². The van der Waals surface area contributed by atoms with Crippen LogP contribution in [0.1, 0.15) is 49.4 Å². The lowest BCUT2D eigenvalue weighted by atomic mass is 9.91. The Bertz CT molecular complexity index is 496. The van der Waals surface area contributed by atoms with Crippen molar-refractivity contribution in [3.8, 4) is 0 Å². The summed E-state index contributed by atoms with van der Waals surface area (Å²) in [6.07, 6.45) is 5.36. The number of primary amides is 1. The van der Waals surface area contributed by atoms with Gasteiger partial charge in [-0.1, -0.05) is 6.07 Å². The van der Waals surface area contributed by atoms with Crippen molar-refractivity contribution < 1.29 is 4.79 Å². The number of aromatic amines is 1. The third-order valence-corrected chi connectivity index (χ3v) is 3.57. The zero-order chi connectivity index (χ0) is 13.7. The first kappa shape index (κ1) is 13.8. The molecule has 1 aliphatic rings. The van der Waals surface area contributed by atoms with Crippen LogP contribution in [-0.4, -0.2) is 17.4 Å². The van der Waals surface area contributed by atoms with Gasteiger partial charge < -0.3 is 16.0 Å². The molecule has 0 bridgehead atoms. The molecule has 2 rings (SSSR count). The summed E-state index contributed by atoms with van der Waals surface area (Å²) in [4.78, 5) is 24.8. The summed E-state index contributed by atoms with van der Waals surface area (Å²) in [5.41, 5.74) is 7.35. The Hall–Kier alpha value is -1.62. The van der Waals surface area contributed by atoms with Crippen LogP contribution in [0.15, 0.2) is 16.9 Å². The van der Waals surface area contributed by atoms with Crippen molar-refractivity contribution in [2.24, 2.45) is 5.73 Å². The molecular weight excluding hydrogens is 242 g/mol. The molecule has 0 aromatic carbocycles.